The van der Waals surface area contributed by atoms with Crippen molar-refractivity contribution in [1.29, 1.82) is 0 Å². The Morgan fingerprint density at radius 3 is 2.54 bits per heavy atom. The van der Waals surface area contributed by atoms with E-state index in [1.54, 1.807) is 24.1 Å². The van der Waals surface area contributed by atoms with E-state index in [0.717, 1.165) is 17.1 Å². The Balaban J connectivity index is 1.56. The van der Waals surface area contributed by atoms with E-state index in [-0.39, 0.29) is 18.0 Å². The molecule has 24 heavy (non-hydrogen) atoms. The molecule has 1 aromatic heterocycles. The maximum absolute atomic E-state index is 12.3. The van der Waals surface area contributed by atoms with E-state index in [0.29, 0.717) is 18.4 Å². The average Bonchev–Trinajstić information content (AvgIpc) is 3.10. The van der Waals surface area contributed by atoms with E-state index in [2.05, 4.69) is 6.92 Å². The van der Waals surface area contributed by atoms with Gasteiger partial charge in [0.15, 0.2) is 0 Å². The summed E-state index contributed by atoms with van der Waals surface area (Å²) in [5.74, 6) is 2.95. The second-order valence-electron chi connectivity index (χ2n) is 6.47. The highest BCUT2D eigenvalue weighted by molar-refractivity contribution is 5.78. The predicted molar refractivity (Wildman–Crippen MR) is 88.5 cm³/mol. The van der Waals surface area contributed by atoms with Crippen LogP contribution in [0, 0.1) is 16.0 Å². The molecule has 1 aliphatic rings. The molecule has 1 aromatic carbocycles. The number of amides is 1. The Kier molecular flexibility index (Phi) is 4.38. The van der Waals surface area contributed by atoms with Gasteiger partial charge < -0.3 is 9.32 Å². The topological polar surface area (TPSA) is 76.6 Å². The van der Waals surface area contributed by atoms with Crippen molar-refractivity contribution in [3.63, 3.8) is 0 Å². The van der Waals surface area contributed by atoms with Gasteiger partial charge in [0.05, 0.1) is 17.9 Å². The lowest BCUT2D eigenvalue weighted by Gasteiger charge is -2.15. The zero-order chi connectivity index (χ0) is 17.3. The summed E-state index contributed by atoms with van der Waals surface area (Å²) >= 11 is 0. The number of benzene rings is 1. The molecule has 0 spiro atoms. The highest BCUT2D eigenvalue weighted by Crippen LogP contribution is 2.47. The molecule has 1 saturated carbocycles. The maximum Gasteiger partial charge on any atom is 0.269 e. The standard InChI is InChI=1S/C18H20N2O4/c1-12-9-16(12)17-8-7-15(24-17)11-19(2)18(21)10-13-3-5-14(6-4-13)20(22)23/h3-8,12,16H,9-11H2,1-2H3/t12-,16-/m0/s1. The van der Waals surface area contributed by atoms with Crippen molar-refractivity contribution in [2.45, 2.75) is 32.2 Å². The van der Waals surface area contributed by atoms with E-state index < -0.39 is 4.92 Å². The molecule has 2 aromatic rings. The van der Waals surface area contributed by atoms with Crippen LogP contribution in [0.1, 0.15) is 36.3 Å². The Morgan fingerprint density at radius 2 is 1.96 bits per heavy atom. The highest BCUT2D eigenvalue weighted by Gasteiger charge is 2.36. The third kappa shape index (κ3) is 3.64. The fraction of sp³-hybridized carbons (Fsp3) is 0.389. The Labute approximate surface area is 140 Å². The molecular weight excluding hydrogens is 308 g/mol. The molecule has 0 saturated heterocycles. The lowest BCUT2D eigenvalue weighted by atomic mass is 10.1. The fourth-order valence-corrected chi connectivity index (χ4v) is 2.76. The van der Waals surface area contributed by atoms with Crippen molar-refractivity contribution in [3.8, 4) is 0 Å². The van der Waals surface area contributed by atoms with E-state index in [9.17, 15) is 14.9 Å². The minimum atomic E-state index is -0.451. The van der Waals surface area contributed by atoms with Crippen LogP contribution in [0.2, 0.25) is 0 Å². The van der Waals surface area contributed by atoms with Gasteiger partial charge in [0.1, 0.15) is 11.5 Å². The fourth-order valence-electron chi connectivity index (χ4n) is 2.76. The van der Waals surface area contributed by atoms with Gasteiger partial charge in [0.2, 0.25) is 5.91 Å². The van der Waals surface area contributed by atoms with E-state index in [1.807, 2.05) is 12.1 Å². The van der Waals surface area contributed by atoms with Gasteiger partial charge in [-0.25, -0.2) is 0 Å². The monoisotopic (exact) mass is 328 g/mol. The van der Waals surface area contributed by atoms with E-state index >= 15 is 0 Å². The molecule has 0 radical (unpaired) electrons. The zero-order valence-corrected chi connectivity index (χ0v) is 13.8. The van der Waals surface area contributed by atoms with Gasteiger partial charge in [-0.3, -0.25) is 14.9 Å². The number of hydrogen-bond donors (Lipinski definition) is 0. The van der Waals surface area contributed by atoms with Crippen molar-refractivity contribution in [2.24, 2.45) is 5.92 Å². The first-order valence-electron chi connectivity index (χ1n) is 8.00. The van der Waals surface area contributed by atoms with E-state index in [1.165, 1.54) is 18.6 Å². The van der Waals surface area contributed by atoms with Crippen LogP contribution in [-0.4, -0.2) is 22.8 Å². The number of likely N-dealkylation sites (N-methyl/N-ethyl adjacent to an activating group) is 1. The average molecular weight is 328 g/mol. The second kappa shape index (κ2) is 6.47. The normalized spacial score (nSPS) is 19.1. The molecule has 2 atom stereocenters. The summed E-state index contributed by atoms with van der Waals surface area (Å²) < 4.78 is 5.82. The largest absolute Gasteiger partial charge is 0.464 e. The summed E-state index contributed by atoms with van der Waals surface area (Å²) in [6, 6.07) is 9.98. The number of nitro groups is 1. The Bertz CT molecular complexity index is 751. The molecule has 0 bridgehead atoms. The third-order valence-corrected chi connectivity index (χ3v) is 4.48. The van der Waals surface area contributed by atoms with Gasteiger partial charge in [-0.05, 0) is 30.0 Å². The number of nitro benzene ring substituents is 1. The quantitative estimate of drug-likeness (QED) is 0.600. The van der Waals surface area contributed by atoms with Crippen molar-refractivity contribution < 1.29 is 14.1 Å². The SMILES string of the molecule is C[C@H]1C[C@@H]1c1ccc(CN(C)C(=O)Cc2ccc([N+](=O)[O-])cc2)o1. The van der Waals surface area contributed by atoms with Crippen LogP contribution in [0.4, 0.5) is 5.69 Å². The maximum atomic E-state index is 12.3. The van der Waals surface area contributed by atoms with Crippen molar-refractivity contribution >= 4 is 11.6 Å². The molecule has 3 rings (SSSR count). The number of rotatable bonds is 6. The van der Waals surface area contributed by atoms with Crippen LogP contribution in [0.25, 0.3) is 0 Å². The minimum absolute atomic E-state index is 0.0250. The van der Waals surface area contributed by atoms with Crippen LogP contribution in [0.15, 0.2) is 40.8 Å². The summed E-state index contributed by atoms with van der Waals surface area (Å²) in [5.41, 5.74) is 0.779. The van der Waals surface area contributed by atoms with Gasteiger partial charge in [0.25, 0.3) is 5.69 Å². The molecule has 0 unspecified atom stereocenters. The van der Waals surface area contributed by atoms with Crippen LogP contribution in [-0.2, 0) is 17.8 Å². The van der Waals surface area contributed by atoms with Crippen LogP contribution < -0.4 is 0 Å². The summed E-state index contributed by atoms with van der Waals surface area (Å²) in [4.78, 5) is 24.1. The summed E-state index contributed by atoms with van der Waals surface area (Å²) in [6.45, 7) is 2.62. The van der Waals surface area contributed by atoms with Crippen LogP contribution >= 0.6 is 0 Å². The molecule has 1 fully saturated rings. The molecular formula is C18H20N2O4. The summed E-state index contributed by atoms with van der Waals surface area (Å²) in [7, 11) is 1.73. The lowest BCUT2D eigenvalue weighted by Crippen LogP contribution is -2.27. The van der Waals surface area contributed by atoms with E-state index in [4.69, 9.17) is 4.42 Å². The Hall–Kier alpha value is -2.63. The molecule has 1 heterocycles. The first-order chi connectivity index (χ1) is 11.4. The van der Waals surface area contributed by atoms with Gasteiger partial charge >= 0.3 is 0 Å². The number of furan rings is 1. The molecule has 1 aliphatic carbocycles. The number of carbonyl (C=O) groups is 1. The first kappa shape index (κ1) is 16.2. The molecule has 0 aliphatic heterocycles. The second-order valence-corrected chi connectivity index (χ2v) is 6.47. The van der Waals surface area contributed by atoms with Gasteiger partial charge in [-0.2, -0.15) is 0 Å². The predicted octanol–water partition coefficient (Wildman–Crippen LogP) is 3.51. The number of carbonyl (C=O) groups excluding carboxylic acids is 1. The number of nitrogens with zero attached hydrogens (tertiary/aromatic N) is 2. The van der Waals surface area contributed by atoms with Gasteiger partial charge in [0, 0.05) is 25.1 Å². The van der Waals surface area contributed by atoms with Crippen molar-refractivity contribution in [1.82, 2.24) is 4.90 Å². The number of non-ortho nitro benzene ring substituents is 1. The molecule has 6 heteroatoms. The highest BCUT2D eigenvalue weighted by atomic mass is 16.6. The third-order valence-electron chi connectivity index (χ3n) is 4.48. The van der Waals surface area contributed by atoms with Crippen molar-refractivity contribution in [2.75, 3.05) is 7.05 Å². The van der Waals surface area contributed by atoms with Gasteiger partial charge in [-0.15, -0.1) is 0 Å². The molecule has 1 amide bonds. The molecule has 126 valence electrons. The smallest absolute Gasteiger partial charge is 0.269 e. The molecule has 0 N–H and O–H groups in total. The van der Waals surface area contributed by atoms with Crippen LogP contribution in [0.5, 0.6) is 0 Å². The van der Waals surface area contributed by atoms with Gasteiger partial charge in [-0.1, -0.05) is 19.1 Å². The summed E-state index contributed by atoms with van der Waals surface area (Å²) in [6.07, 6.45) is 1.38. The summed E-state index contributed by atoms with van der Waals surface area (Å²) in [5, 5.41) is 10.6. The Morgan fingerprint density at radius 1 is 1.29 bits per heavy atom. The van der Waals surface area contributed by atoms with Crippen molar-refractivity contribution in [3.05, 3.63) is 63.6 Å². The minimum Gasteiger partial charge on any atom is -0.464 e. The molecule has 6 nitrogen and oxygen atoms in total. The first-order valence-corrected chi connectivity index (χ1v) is 8.00. The lowest BCUT2D eigenvalue weighted by molar-refractivity contribution is -0.384. The van der Waals surface area contributed by atoms with Crippen LogP contribution in [0.3, 0.4) is 0 Å². The zero-order valence-electron chi connectivity index (χ0n) is 13.8. The number of hydrogen-bond acceptors (Lipinski definition) is 4.